The molecule has 0 atom stereocenters. The number of sulfonamides is 1. The zero-order chi connectivity index (χ0) is 25.0. The molecule has 184 valence electrons. The molecule has 1 heterocycles. The van der Waals surface area contributed by atoms with Crippen molar-refractivity contribution < 1.29 is 17.6 Å². The van der Waals surface area contributed by atoms with E-state index >= 15 is 0 Å². The minimum Gasteiger partial charge on any atom is -0.368 e. The van der Waals surface area contributed by atoms with Crippen LogP contribution in [-0.4, -0.2) is 56.3 Å². The molecule has 0 unspecified atom stereocenters. The van der Waals surface area contributed by atoms with Crippen molar-refractivity contribution in [3.8, 4) is 0 Å². The van der Waals surface area contributed by atoms with Crippen molar-refractivity contribution in [3.63, 3.8) is 0 Å². The first-order valence-corrected chi connectivity index (χ1v) is 13.1. The van der Waals surface area contributed by atoms with Crippen molar-refractivity contribution in [1.82, 2.24) is 9.21 Å². The van der Waals surface area contributed by atoms with E-state index in [1.54, 1.807) is 23.1 Å². The fraction of sp³-hybridized carbons (Fsp3) is 0.269. The number of hydrogen-bond acceptors (Lipinski definition) is 4. The van der Waals surface area contributed by atoms with Gasteiger partial charge in [0, 0.05) is 43.4 Å². The van der Waals surface area contributed by atoms with Gasteiger partial charge in [0.15, 0.2) is 0 Å². The Morgan fingerprint density at radius 2 is 1.63 bits per heavy atom. The first kappa shape index (κ1) is 25.2. The predicted octanol–water partition coefficient (Wildman–Crippen LogP) is 4.33. The van der Waals surface area contributed by atoms with Crippen LogP contribution in [0.2, 0.25) is 5.02 Å². The third kappa shape index (κ3) is 6.01. The summed E-state index contributed by atoms with van der Waals surface area (Å²) in [4.78, 5) is 17.2. The number of benzene rings is 3. The zero-order valence-electron chi connectivity index (χ0n) is 19.4. The summed E-state index contributed by atoms with van der Waals surface area (Å²) >= 11 is 6.17. The standard InChI is InChI=1S/C26H27ClFN3O3S/c1-20-7-10-22(27)17-25(20)29-13-15-30(16-14-29)26(32)19-31(18-21-8-11-23(28)12-9-21)35(33,34)24-5-3-2-4-6-24/h2-12,17H,13-16,18-19H2,1H3. The molecule has 0 spiro atoms. The molecule has 0 bridgehead atoms. The van der Waals surface area contributed by atoms with Gasteiger partial charge in [-0.05, 0) is 54.4 Å². The van der Waals surface area contributed by atoms with E-state index in [0.29, 0.717) is 36.8 Å². The smallest absolute Gasteiger partial charge is 0.243 e. The van der Waals surface area contributed by atoms with E-state index in [4.69, 9.17) is 11.6 Å². The lowest BCUT2D eigenvalue weighted by Crippen LogP contribution is -2.51. The van der Waals surface area contributed by atoms with Gasteiger partial charge in [-0.2, -0.15) is 4.31 Å². The van der Waals surface area contributed by atoms with E-state index in [9.17, 15) is 17.6 Å². The summed E-state index contributed by atoms with van der Waals surface area (Å²) in [5, 5.41) is 0.659. The van der Waals surface area contributed by atoms with Crippen LogP contribution in [0.25, 0.3) is 0 Å². The second kappa shape index (κ2) is 10.8. The van der Waals surface area contributed by atoms with Gasteiger partial charge in [0.05, 0.1) is 11.4 Å². The summed E-state index contributed by atoms with van der Waals surface area (Å²) in [6.45, 7) is 3.87. The Hall–Kier alpha value is -2.94. The third-order valence-corrected chi connectivity index (χ3v) is 8.15. The topological polar surface area (TPSA) is 60.9 Å². The fourth-order valence-electron chi connectivity index (χ4n) is 4.13. The number of carbonyl (C=O) groups excluding carboxylic acids is 1. The van der Waals surface area contributed by atoms with Crippen LogP contribution >= 0.6 is 11.6 Å². The first-order valence-electron chi connectivity index (χ1n) is 11.3. The molecule has 1 aliphatic rings. The van der Waals surface area contributed by atoms with Gasteiger partial charge in [-0.25, -0.2) is 12.8 Å². The van der Waals surface area contributed by atoms with Crippen LogP contribution in [-0.2, 0) is 21.4 Å². The SMILES string of the molecule is Cc1ccc(Cl)cc1N1CCN(C(=O)CN(Cc2ccc(F)cc2)S(=O)(=O)c2ccccc2)CC1. The highest BCUT2D eigenvalue weighted by atomic mass is 35.5. The van der Waals surface area contributed by atoms with Gasteiger partial charge < -0.3 is 9.80 Å². The molecule has 0 saturated carbocycles. The lowest BCUT2D eigenvalue weighted by molar-refractivity contribution is -0.131. The number of hydrogen-bond donors (Lipinski definition) is 0. The average Bonchev–Trinajstić information content (AvgIpc) is 2.87. The summed E-state index contributed by atoms with van der Waals surface area (Å²) < 4.78 is 41.3. The highest BCUT2D eigenvalue weighted by molar-refractivity contribution is 7.89. The molecule has 6 nitrogen and oxygen atoms in total. The molecule has 0 aromatic heterocycles. The second-order valence-corrected chi connectivity index (χ2v) is 10.9. The molecular weight excluding hydrogens is 489 g/mol. The number of aryl methyl sites for hydroxylation is 1. The normalized spacial score (nSPS) is 14.4. The molecule has 3 aromatic rings. The van der Waals surface area contributed by atoms with Crippen LogP contribution in [0.1, 0.15) is 11.1 Å². The summed E-state index contributed by atoms with van der Waals surface area (Å²) in [5.74, 6) is -0.677. The molecule has 1 fully saturated rings. The van der Waals surface area contributed by atoms with Gasteiger partial charge in [0.2, 0.25) is 15.9 Å². The van der Waals surface area contributed by atoms with E-state index in [2.05, 4.69) is 4.90 Å². The van der Waals surface area contributed by atoms with E-state index in [1.165, 1.54) is 36.4 Å². The highest BCUT2D eigenvalue weighted by Crippen LogP contribution is 2.26. The van der Waals surface area contributed by atoms with Crippen LogP contribution in [0.15, 0.2) is 77.7 Å². The summed E-state index contributed by atoms with van der Waals surface area (Å²) in [7, 11) is -3.94. The zero-order valence-corrected chi connectivity index (χ0v) is 21.0. The highest BCUT2D eigenvalue weighted by Gasteiger charge is 2.30. The van der Waals surface area contributed by atoms with Crippen LogP contribution in [0.5, 0.6) is 0 Å². The van der Waals surface area contributed by atoms with Gasteiger partial charge >= 0.3 is 0 Å². The molecule has 0 N–H and O–H groups in total. The van der Waals surface area contributed by atoms with Crippen molar-refractivity contribution >= 4 is 33.2 Å². The minimum absolute atomic E-state index is 0.0368. The number of halogens is 2. The number of rotatable bonds is 7. The Bertz CT molecular complexity index is 1280. The Kier molecular flexibility index (Phi) is 7.74. The largest absolute Gasteiger partial charge is 0.368 e. The predicted molar refractivity (Wildman–Crippen MR) is 135 cm³/mol. The Labute approximate surface area is 210 Å². The van der Waals surface area contributed by atoms with E-state index in [1.807, 2.05) is 25.1 Å². The fourth-order valence-corrected chi connectivity index (χ4v) is 5.70. The maximum Gasteiger partial charge on any atom is 0.243 e. The molecular formula is C26H27ClFN3O3S. The minimum atomic E-state index is -3.94. The van der Waals surface area contributed by atoms with Crippen molar-refractivity contribution in [2.45, 2.75) is 18.4 Å². The van der Waals surface area contributed by atoms with Gasteiger partial charge in [0.1, 0.15) is 5.82 Å². The average molecular weight is 516 g/mol. The maximum atomic E-state index is 13.4. The molecule has 35 heavy (non-hydrogen) atoms. The monoisotopic (exact) mass is 515 g/mol. The molecule has 0 radical (unpaired) electrons. The maximum absolute atomic E-state index is 13.4. The van der Waals surface area contributed by atoms with Crippen LogP contribution in [0, 0.1) is 12.7 Å². The number of amides is 1. The van der Waals surface area contributed by atoms with Crippen LogP contribution < -0.4 is 4.90 Å². The van der Waals surface area contributed by atoms with E-state index in [-0.39, 0.29) is 23.9 Å². The lowest BCUT2D eigenvalue weighted by atomic mass is 10.1. The molecule has 1 saturated heterocycles. The number of carbonyl (C=O) groups is 1. The number of anilines is 1. The van der Waals surface area contributed by atoms with Crippen molar-refractivity contribution in [2.24, 2.45) is 0 Å². The van der Waals surface area contributed by atoms with Crippen molar-refractivity contribution in [2.75, 3.05) is 37.6 Å². The van der Waals surface area contributed by atoms with Crippen molar-refractivity contribution in [3.05, 3.63) is 94.8 Å². The summed E-state index contributed by atoms with van der Waals surface area (Å²) in [6, 6.07) is 19.4. The molecule has 4 rings (SSSR count). The second-order valence-electron chi connectivity index (χ2n) is 8.51. The number of nitrogens with zero attached hydrogens (tertiary/aromatic N) is 3. The first-order chi connectivity index (χ1) is 16.7. The lowest BCUT2D eigenvalue weighted by Gasteiger charge is -2.37. The quantitative estimate of drug-likeness (QED) is 0.470. The van der Waals surface area contributed by atoms with E-state index < -0.39 is 15.8 Å². The van der Waals surface area contributed by atoms with Crippen molar-refractivity contribution in [1.29, 1.82) is 0 Å². The Balaban J connectivity index is 1.49. The third-order valence-electron chi connectivity index (χ3n) is 6.11. The van der Waals surface area contributed by atoms with Gasteiger partial charge in [-0.1, -0.05) is 48.0 Å². The number of piperazine rings is 1. The van der Waals surface area contributed by atoms with Gasteiger partial charge in [0.25, 0.3) is 0 Å². The summed E-state index contributed by atoms with van der Waals surface area (Å²) in [6.07, 6.45) is 0. The summed E-state index contributed by atoms with van der Waals surface area (Å²) in [5.41, 5.74) is 2.74. The van der Waals surface area contributed by atoms with E-state index in [0.717, 1.165) is 15.6 Å². The Morgan fingerprint density at radius 3 is 2.29 bits per heavy atom. The Morgan fingerprint density at radius 1 is 0.971 bits per heavy atom. The molecule has 3 aromatic carbocycles. The van der Waals surface area contributed by atoms with Gasteiger partial charge in [-0.3, -0.25) is 4.79 Å². The molecule has 1 aliphatic heterocycles. The molecule has 1 amide bonds. The van der Waals surface area contributed by atoms with Crippen LogP contribution in [0.4, 0.5) is 10.1 Å². The van der Waals surface area contributed by atoms with Gasteiger partial charge in [-0.15, -0.1) is 0 Å². The molecule has 9 heteroatoms. The van der Waals surface area contributed by atoms with Crippen LogP contribution in [0.3, 0.4) is 0 Å². The molecule has 0 aliphatic carbocycles.